The second-order valence-electron chi connectivity index (χ2n) is 6.69. The van der Waals surface area contributed by atoms with Crippen molar-refractivity contribution < 1.29 is 14.3 Å². The molecule has 0 aliphatic carbocycles. The zero-order valence-corrected chi connectivity index (χ0v) is 16.1. The normalized spacial score (nSPS) is 11.3. The molecule has 0 radical (unpaired) electrons. The van der Waals surface area contributed by atoms with E-state index in [9.17, 15) is 9.60 Å². The van der Waals surface area contributed by atoms with Crippen LogP contribution in [0.3, 0.4) is 0 Å². The van der Waals surface area contributed by atoms with Gasteiger partial charge in [0.1, 0.15) is 18.0 Å². The Morgan fingerprint density at radius 2 is 2.03 bits per heavy atom. The fourth-order valence-corrected chi connectivity index (χ4v) is 3.49. The summed E-state index contributed by atoms with van der Waals surface area (Å²) in [6.07, 6.45) is 3.40. The molecule has 30 heavy (non-hydrogen) atoms. The molecule has 0 saturated carbocycles. The molecule has 0 fully saturated rings. The molecule has 2 aromatic carbocycles. The van der Waals surface area contributed by atoms with Crippen LogP contribution in [0.5, 0.6) is 0 Å². The van der Waals surface area contributed by atoms with E-state index in [2.05, 4.69) is 25.5 Å². The van der Waals surface area contributed by atoms with Crippen molar-refractivity contribution in [3.05, 3.63) is 83.4 Å². The number of imidazole rings is 1. The number of benzene rings is 2. The van der Waals surface area contributed by atoms with Crippen LogP contribution in [0.15, 0.2) is 61.1 Å². The van der Waals surface area contributed by atoms with Crippen LogP contribution < -0.4 is 4.73 Å². The minimum absolute atomic E-state index is 0.334. The van der Waals surface area contributed by atoms with Crippen molar-refractivity contribution in [1.29, 1.82) is 0 Å². The number of nitrogens with zero attached hydrogens (tertiary/aromatic N) is 6. The van der Waals surface area contributed by atoms with Gasteiger partial charge >= 0.3 is 0 Å². The second-order valence-corrected chi connectivity index (χ2v) is 7.13. The van der Waals surface area contributed by atoms with E-state index in [1.165, 1.54) is 23.1 Å². The maximum absolute atomic E-state index is 13.4. The Morgan fingerprint density at radius 3 is 2.83 bits per heavy atom. The zero-order valence-electron chi connectivity index (χ0n) is 15.4. The number of aromatic amines is 1. The Morgan fingerprint density at radius 1 is 1.13 bits per heavy atom. The number of hydrogen-bond acceptors (Lipinski definition) is 5. The molecular weight excluding hydrogens is 409 g/mol. The molecule has 0 aliphatic rings. The minimum Gasteiger partial charge on any atom is -0.341 e. The predicted molar refractivity (Wildman–Crippen MR) is 106 cm³/mol. The van der Waals surface area contributed by atoms with Gasteiger partial charge in [-0.1, -0.05) is 11.6 Å². The van der Waals surface area contributed by atoms with Gasteiger partial charge in [0.15, 0.2) is 0 Å². The summed E-state index contributed by atoms with van der Waals surface area (Å²) in [6, 6.07) is 13.3. The Bertz CT molecular complexity index is 1370. The first-order valence-electron chi connectivity index (χ1n) is 8.98. The third-order valence-corrected chi connectivity index (χ3v) is 4.95. The Kier molecular flexibility index (Phi) is 4.36. The van der Waals surface area contributed by atoms with Gasteiger partial charge in [0.25, 0.3) is 0 Å². The van der Waals surface area contributed by atoms with E-state index in [-0.39, 0.29) is 5.82 Å². The summed E-state index contributed by atoms with van der Waals surface area (Å²) in [5, 5.41) is 22.4. The van der Waals surface area contributed by atoms with Crippen LogP contribution in [-0.4, -0.2) is 35.4 Å². The molecule has 0 bridgehead atoms. The standard InChI is InChI=1S/C20H14ClFN7O/c21-13-2-6-19(28-11-23-26-27-28)16(7-13)12-1-4-15(29(30)10-12)9-20-24-17-5-3-14(22)8-18(17)25-20/h1-8,10-11,30H,9H2,(H,24,25)/q+1. The van der Waals surface area contributed by atoms with Crippen molar-refractivity contribution in [2.24, 2.45) is 0 Å². The Hall–Kier alpha value is -3.85. The van der Waals surface area contributed by atoms with Gasteiger partial charge in [-0.15, -0.1) is 5.10 Å². The number of halogens is 2. The molecule has 0 unspecified atom stereocenters. The summed E-state index contributed by atoms with van der Waals surface area (Å²) in [5.74, 6) is 0.280. The average molecular weight is 423 g/mol. The summed E-state index contributed by atoms with van der Waals surface area (Å²) in [4.78, 5) is 7.52. The molecule has 0 amide bonds. The number of pyridine rings is 1. The first kappa shape index (κ1) is 18.2. The highest BCUT2D eigenvalue weighted by atomic mass is 35.5. The average Bonchev–Trinajstić information content (AvgIpc) is 3.39. The molecule has 148 valence electrons. The van der Waals surface area contributed by atoms with Crippen molar-refractivity contribution in [3.63, 3.8) is 0 Å². The molecular formula is C20H14ClFN7O+. The third kappa shape index (κ3) is 3.35. The molecule has 8 nitrogen and oxygen atoms in total. The molecule has 5 aromatic rings. The first-order chi connectivity index (χ1) is 14.6. The van der Waals surface area contributed by atoms with E-state index < -0.39 is 0 Å². The lowest BCUT2D eigenvalue weighted by Crippen LogP contribution is -2.35. The topological polar surface area (TPSA) is 96.4 Å². The number of aromatic nitrogens is 7. The van der Waals surface area contributed by atoms with Gasteiger partial charge in [-0.25, -0.2) is 9.37 Å². The van der Waals surface area contributed by atoms with E-state index in [4.69, 9.17) is 11.6 Å². The van der Waals surface area contributed by atoms with Crippen LogP contribution in [0.4, 0.5) is 4.39 Å². The van der Waals surface area contributed by atoms with Gasteiger partial charge in [-0.05, 0) is 52.9 Å². The molecule has 10 heteroatoms. The van der Waals surface area contributed by atoms with Crippen molar-refractivity contribution in [1.82, 2.24) is 30.2 Å². The van der Waals surface area contributed by atoms with Crippen LogP contribution in [0.2, 0.25) is 5.02 Å². The van der Waals surface area contributed by atoms with E-state index in [0.717, 1.165) is 21.5 Å². The van der Waals surface area contributed by atoms with Crippen molar-refractivity contribution >= 4 is 22.6 Å². The van der Waals surface area contributed by atoms with Gasteiger partial charge in [0, 0.05) is 21.4 Å². The monoisotopic (exact) mass is 422 g/mol. The lowest BCUT2D eigenvalue weighted by atomic mass is 10.0. The van der Waals surface area contributed by atoms with E-state index >= 15 is 0 Å². The summed E-state index contributed by atoms with van der Waals surface area (Å²) < 4.78 is 15.9. The molecule has 2 N–H and O–H groups in total. The van der Waals surface area contributed by atoms with Crippen LogP contribution in [0.25, 0.3) is 27.8 Å². The Balaban J connectivity index is 1.50. The van der Waals surface area contributed by atoms with Gasteiger partial charge in [0.05, 0.1) is 28.7 Å². The van der Waals surface area contributed by atoms with Crippen LogP contribution >= 0.6 is 11.6 Å². The first-order valence-corrected chi connectivity index (χ1v) is 9.36. The highest BCUT2D eigenvalue weighted by Crippen LogP contribution is 2.28. The molecule has 5 rings (SSSR count). The summed E-state index contributed by atoms with van der Waals surface area (Å²) in [7, 11) is 0. The van der Waals surface area contributed by atoms with E-state index in [1.54, 1.807) is 36.5 Å². The second kappa shape index (κ2) is 7.20. The SMILES string of the molecule is O[n+]1cc(-c2cc(Cl)ccc2-n2cnnn2)ccc1Cc1nc2ccc(F)cc2[nH]1. The maximum atomic E-state index is 13.4. The van der Waals surface area contributed by atoms with Crippen molar-refractivity contribution in [2.45, 2.75) is 6.42 Å². The maximum Gasteiger partial charge on any atom is 0.241 e. The Labute approximate surface area is 174 Å². The molecule has 3 heterocycles. The van der Waals surface area contributed by atoms with Crippen LogP contribution in [0, 0.1) is 5.82 Å². The fourth-order valence-electron chi connectivity index (χ4n) is 3.32. The quantitative estimate of drug-likeness (QED) is 0.342. The van der Waals surface area contributed by atoms with E-state index in [0.29, 0.717) is 34.0 Å². The highest BCUT2D eigenvalue weighted by molar-refractivity contribution is 6.31. The number of tetrazole rings is 1. The molecule has 3 aromatic heterocycles. The number of rotatable bonds is 4. The van der Waals surface area contributed by atoms with Gasteiger partial charge in [-0.3, -0.25) is 5.21 Å². The fraction of sp³-hybridized carbons (Fsp3) is 0.0500. The number of hydrogen-bond donors (Lipinski definition) is 2. The molecule has 0 aliphatic heterocycles. The molecule has 0 saturated heterocycles. The van der Waals surface area contributed by atoms with Gasteiger partial charge in [0.2, 0.25) is 11.9 Å². The van der Waals surface area contributed by atoms with Gasteiger partial charge in [-0.2, -0.15) is 4.68 Å². The van der Waals surface area contributed by atoms with Crippen molar-refractivity contribution in [3.8, 4) is 16.8 Å². The predicted octanol–water partition coefficient (Wildman–Crippen LogP) is 3.11. The smallest absolute Gasteiger partial charge is 0.241 e. The highest BCUT2D eigenvalue weighted by Gasteiger charge is 2.18. The summed E-state index contributed by atoms with van der Waals surface area (Å²) >= 11 is 6.19. The third-order valence-electron chi connectivity index (χ3n) is 4.72. The van der Waals surface area contributed by atoms with Gasteiger partial charge < -0.3 is 4.98 Å². The van der Waals surface area contributed by atoms with Crippen LogP contribution in [0.1, 0.15) is 11.5 Å². The largest absolute Gasteiger partial charge is 0.341 e. The van der Waals surface area contributed by atoms with Crippen LogP contribution in [-0.2, 0) is 6.42 Å². The number of H-pyrrole nitrogens is 1. The van der Waals surface area contributed by atoms with E-state index in [1.807, 2.05) is 6.07 Å². The molecule has 0 spiro atoms. The zero-order chi connectivity index (χ0) is 20.7. The molecule has 0 atom stereocenters. The lowest BCUT2D eigenvalue weighted by molar-refractivity contribution is -0.909. The number of fused-ring (bicyclic) bond motifs is 1. The minimum atomic E-state index is -0.334. The summed E-state index contributed by atoms with van der Waals surface area (Å²) in [5.41, 5.74) is 4.07. The van der Waals surface area contributed by atoms with Crippen molar-refractivity contribution in [2.75, 3.05) is 0 Å². The number of nitrogens with one attached hydrogen (secondary N) is 1. The summed E-state index contributed by atoms with van der Waals surface area (Å²) in [6.45, 7) is 0. The lowest BCUT2D eigenvalue weighted by Gasteiger charge is -2.08.